The Morgan fingerprint density at radius 3 is 2.61 bits per heavy atom. The first-order chi connectivity index (χ1) is 22.4. The number of benzene rings is 2. The summed E-state index contributed by atoms with van der Waals surface area (Å²) >= 11 is 0. The van der Waals surface area contributed by atoms with Crippen molar-refractivity contribution in [2.24, 2.45) is 0 Å². The third-order valence-corrected chi connectivity index (χ3v) is 8.06. The molecule has 0 spiro atoms. The molecule has 0 saturated carbocycles. The lowest BCUT2D eigenvalue weighted by molar-refractivity contribution is 0.145. The molecule has 0 radical (unpaired) electrons. The third kappa shape index (κ3) is 9.15. The van der Waals surface area contributed by atoms with Crippen LogP contribution in [0, 0.1) is 13.8 Å². The zero-order chi connectivity index (χ0) is 32.3. The third-order valence-electron chi connectivity index (χ3n) is 8.06. The van der Waals surface area contributed by atoms with Gasteiger partial charge in [-0.1, -0.05) is 24.3 Å². The van der Waals surface area contributed by atoms with Crippen LogP contribution < -0.4 is 24.8 Å². The van der Waals surface area contributed by atoms with Gasteiger partial charge in [-0.05, 0) is 62.7 Å². The van der Waals surface area contributed by atoms with Crippen molar-refractivity contribution >= 4 is 17.7 Å². The van der Waals surface area contributed by atoms with Gasteiger partial charge in [0.05, 0.1) is 19.4 Å². The van der Waals surface area contributed by atoms with Crippen LogP contribution in [-0.2, 0) is 6.42 Å². The molecule has 46 heavy (non-hydrogen) atoms. The largest absolute Gasteiger partial charge is 0.493 e. The number of piperazine rings is 1. The van der Waals surface area contributed by atoms with Crippen molar-refractivity contribution in [2.45, 2.75) is 26.7 Å². The van der Waals surface area contributed by atoms with Crippen molar-refractivity contribution < 1.29 is 19.0 Å². The summed E-state index contributed by atoms with van der Waals surface area (Å²) in [6.07, 6.45) is 2.42. The maximum Gasteiger partial charge on any atom is 0.413 e. The second-order valence-corrected chi connectivity index (χ2v) is 11.4. The molecule has 2 N–H and O–H groups in total. The molecule has 2 aromatic carbocycles. The maximum absolute atomic E-state index is 12.5. The van der Waals surface area contributed by atoms with E-state index in [2.05, 4.69) is 63.4 Å². The van der Waals surface area contributed by atoms with Gasteiger partial charge in [0, 0.05) is 81.0 Å². The molecule has 1 aliphatic heterocycles. The minimum Gasteiger partial charge on any atom is -0.493 e. The van der Waals surface area contributed by atoms with Gasteiger partial charge in [0.25, 0.3) is 0 Å². The van der Waals surface area contributed by atoms with E-state index < -0.39 is 6.09 Å². The van der Waals surface area contributed by atoms with E-state index in [0.29, 0.717) is 36.8 Å². The maximum atomic E-state index is 12.5. The molecule has 0 bridgehead atoms. The second-order valence-electron chi connectivity index (χ2n) is 11.4. The van der Waals surface area contributed by atoms with E-state index in [1.165, 1.54) is 23.4 Å². The molecule has 1 aliphatic rings. The first kappa shape index (κ1) is 32.6. The molecule has 2 aromatic heterocycles. The molecule has 1 fully saturated rings. The summed E-state index contributed by atoms with van der Waals surface area (Å²) in [5.41, 5.74) is 6.04. The molecule has 11 nitrogen and oxygen atoms in total. The van der Waals surface area contributed by atoms with Gasteiger partial charge in [0.1, 0.15) is 0 Å². The zero-order valence-corrected chi connectivity index (χ0v) is 27.1. The highest BCUT2D eigenvalue weighted by atomic mass is 16.6. The first-order valence-electron chi connectivity index (χ1n) is 15.7. The summed E-state index contributed by atoms with van der Waals surface area (Å²) in [7, 11) is 3.77. The Bertz CT molecular complexity index is 1610. The molecule has 0 aliphatic carbocycles. The summed E-state index contributed by atoms with van der Waals surface area (Å²) in [4.78, 5) is 30.7. The number of nitrogens with one attached hydrogen (secondary N) is 2. The molecular weight excluding hydrogens is 582 g/mol. The average Bonchev–Trinajstić information content (AvgIpc) is 3.06. The van der Waals surface area contributed by atoms with Crippen LogP contribution in [0.4, 0.5) is 16.4 Å². The van der Waals surface area contributed by atoms with E-state index in [4.69, 9.17) is 19.2 Å². The Morgan fingerprint density at radius 2 is 1.78 bits per heavy atom. The lowest BCUT2D eigenvalue weighted by Gasteiger charge is -2.32. The van der Waals surface area contributed by atoms with E-state index in [9.17, 15) is 4.79 Å². The van der Waals surface area contributed by atoms with Crippen molar-refractivity contribution in [2.75, 3.05) is 65.3 Å². The molecule has 1 saturated heterocycles. The number of rotatable bonds is 13. The van der Waals surface area contributed by atoms with Crippen molar-refractivity contribution in [3.05, 3.63) is 83.7 Å². The molecule has 0 unspecified atom stereocenters. The number of hydrogen-bond donors (Lipinski definition) is 2. The fraction of sp³-hybridized carbons (Fsp3) is 0.371. The van der Waals surface area contributed by atoms with E-state index in [1.54, 1.807) is 7.11 Å². The van der Waals surface area contributed by atoms with Crippen molar-refractivity contribution in [1.82, 2.24) is 30.1 Å². The molecule has 3 heterocycles. The monoisotopic (exact) mass is 625 g/mol. The van der Waals surface area contributed by atoms with Crippen LogP contribution in [0.15, 0.2) is 66.9 Å². The van der Waals surface area contributed by atoms with E-state index in [-0.39, 0.29) is 11.8 Å². The number of anilines is 2. The fourth-order valence-electron chi connectivity index (χ4n) is 5.22. The predicted octanol–water partition coefficient (Wildman–Crippen LogP) is 5.26. The minimum absolute atomic E-state index is 0.123. The van der Waals surface area contributed by atoms with Crippen LogP contribution in [0.25, 0.3) is 11.3 Å². The standard InChI is InChI=1S/C35H43N7O4/c1-25-8-5-10-29(26(25)2)30-11-6-9-27(38-30)14-16-37-35(43)46-33-15-17-36-34(40-33)39-28-12-13-31(32(24-28)44-4)45-23-7-18-42-21-19-41(3)20-22-42/h5-6,8-13,15,17,24H,7,14,16,18-23H2,1-4H3,(H,37,43)(H,36,39,40). The van der Waals surface area contributed by atoms with Gasteiger partial charge >= 0.3 is 6.09 Å². The summed E-state index contributed by atoms with van der Waals surface area (Å²) < 4.78 is 17.0. The van der Waals surface area contributed by atoms with Crippen LogP contribution >= 0.6 is 0 Å². The summed E-state index contributed by atoms with van der Waals surface area (Å²) in [5, 5.41) is 5.91. The summed E-state index contributed by atoms with van der Waals surface area (Å²) in [6, 6.07) is 19.2. The van der Waals surface area contributed by atoms with E-state index in [0.717, 1.165) is 56.1 Å². The molecule has 0 atom stereocenters. The molecule has 5 rings (SSSR count). The van der Waals surface area contributed by atoms with Gasteiger partial charge in [0.2, 0.25) is 11.8 Å². The molecule has 11 heteroatoms. The summed E-state index contributed by atoms with van der Waals surface area (Å²) in [6.45, 7) is 10.6. The minimum atomic E-state index is -0.605. The molecule has 242 valence electrons. The van der Waals surface area contributed by atoms with Crippen molar-refractivity contribution in [1.29, 1.82) is 0 Å². The Hall–Kier alpha value is -4.74. The molecular formula is C35H43N7O4. The highest BCUT2D eigenvalue weighted by molar-refractivity contribution is 5.70. The number of aromatic nitrogens is 3. The Balaban J connectivity index is 1.08. The number of carbonyl (C=O) groups is 1. The van der Waals surface area contributed by atoms with Gasteiger partial charge in [-0.3, -0.25) is 4.98 Å². The summed E-state index contributed by atoms with van der Waals surface area (Å²) in [5.74, 6) is 1.68. The highest BCUT2D eigenvalue weighted by Gasteiger charge is 2.14. The van der Waals surface area contributed by atoms with Crippen LogP contribution in [0.1, 0.15) is 23.2 Å². The average molecular weight is 626 g/mol. The molecule has 1 amide bonds. The quantitative estimate of drug-likeness (QED) is 0.191. The van der Waals surface area contributed by atoms with E-state index in [1.807, 2.05) is 42.5 Å². The number of ether oxygens (including phenoxy) is 3. The van der Waals surface area contributed by atoms with Gasteiger partial charge in [-0.2, -0.15) is 4.98 Å². The molecule has 4 aromatic rings. The van der Waals surface area contributed by atoms with Crippen LogP contribution in [0.3, 0.4) is 0 Å². The second kappa shape index (κ2) is 16.0. The number of aryl methyl sites for hydroxylation is 1. The topological polar surface area (TPSA) is 114 Å². The van der Waals surface area contributed by atoms with Gasteiger partial charge in [-0.15, -0.1) is 0 Å². The SMILES string of the molecule is COc1cc(Nc2nccc(OC(=O)NCCc3cccc(-c4cccc(C)c4C)n3)n2)ccc1OCCCN1CCN(C)CC1. The number of pyridine rings is 1. The zero-order valence-electron chi connectivity index (χ0n) is 27.1. The number of methoxy groups -OCH3 is 1. The number of amides is 1. The number of likely N-dealkylation sites (N-methyl/N-ethyl adjacent to an activating group) is 1. The van der Waals surface area contributed by atoms with Crippen LogP contribution in [-0.4, -0.2) is 90.9 Å². The van der Waals surface area contributed by atoms with Gasteiger partial charge in [-0.25, -0.2) is 9.78 Å². The van der Waals surface area contributed by atoms with Crippen molar-refractivity contribution in [3.63, 3.8) is 0 Å². The van der Waals surface area contributed by atoms with Gasteiger partial charge in [0.15, 0.2) is 11.5 Å². The normalized spacial score (nSPS) is 13.7. The van der Waals surface area contributed by atoms with Gasteiger partial charge < -0.3 is 34.6 Å². The highest BCUT2D eigenvalue weighted by Crippen LogP contribution is 2.31. The number of nitrogens with zero attached hydrogens (tertiary/aromatic N) is 5. The lowest BCUT2D eigenvalue weighted by Crippen LogP contribution is -2.44. The van der Waals surface area contributed by atoms with Crippen LogP contribution in [0.2, 0.25) is 0 Å². The Kier molecular flexibility index (Phi) is 11.4. The lowest BCUT2D eigenvalue weighted by atomic mass is 10.0. The predicted molar refractivity (Wildman–Crippen MR) is 179 cm³/mol. The smallest absolute Gasteiger partial charge is 0.413 e. The van der Waals surface area contributed by atoms with Crippen LogP contribution in [0.5, 0.6) is 17.4 Å². The number of carbonyl (C=O) groups excluding carboxylic acids is 1. The van der Waals surface area contributed by atoms with Crippen molar-refractivity contribution in [3.8, 4) is 28.6 Å². The first-order valence-corrected chi connectivity index (χ1v) is 15.7. The Morgan fingerprint density at radius 1 is 0.957 bits per heavy atom. The van der Waals surface area contributed by atoms with E-state index >= 15 is 0 Å². The Labute approximate surface area is 270 Å². The number of hydrogen-bond acceptors (Lipinski definition) is 10. The fourth-order valence-corrected chi connectivity index (χ4v) is 5.22.